The van der Waals surface area contributed by atoms with E-state index in [4.69, 9.17) is 9.47 Å². The summed E-state index contributed by atoms with van der Waals surface area (Å²) in [6, 6.07) is 5.02. The van der Waals surface area contributed by atoms with E-state index in [-0.39, 0.29) is 30.6 Å². The highest BCUT2D eigenvalue weighted by Crippen LogP contribution is 2.34. The standard InChI is InChI=1S/C18H24N2O4/c1-11(14-7-8-15-16(9-14)24-10-23-15)19-18(22)17(20-12(2)21)13-5-3-4-6-13/h7-9,11,13,17H,3-6,10H2,1-2H3,(H,19,22)(H,20,21). The molecule has 1 saturated carbocycles. The third-order valence-corrected chi connectivity index (χ3v) is 4.77. The molecule has 0 spiro atoms. The number of carbonyl (C=O) groups excluding carboxylic acids is 2. The average molecular weight is 332 g/mol. The minimum Gasteiger partial charge on any atom is -0.454 e. The summed E-state index contributed by atoms with van der Waals surface area (Å²) in [5.41, 5.74) is 0.945. The molecule has 1 aromatic carbocycles. The average Bonchev–Trinajstić information content (AvgIpc) is 3.22. The van der Waals surface area contributed by atoms with Crippen LogP contribution in [0.2, 0.25) is 0 Å². The third-order valence-electron chi connectivity index (χ3n) is 4.77. The van der Waals surface area contributed by atoms with Gasteiger partial charge in [-0.15, -0.1) is 0 Å². The van der Waals surface area contributed by atoms with Crippen molar-refractivity contribution in [3.05, 3.63) is 23.8 Å². The Bertz CT molecular complexity index is 625. The summed E-state index contributed by atoms with van der Waals surface area (Å²) in [6.07, 6.45) is 4.20. The number of amides is 2. The molecule has 24 heavy (non-hydrogen) atoms. The van der Waals surface area contributed by atoms with Crippen molar-refractivity contribution < 1.29 is 19.1 Å². The van der Waals surface area contributed by atoms with Crippen LogP contribution < -0.4 is 20.1 Å². The second-order valence-corrected chi connectivity index (χ2v) is 6.57. The normalized spacial score (nSPS) is 18.9. The fourth-order valence-corrected chi connectivity index (χ4v) is 3.48. The van der Waals surface area contributed by atoms with Crippen molar-refractivity contribution in [2.75, 3.05) is 6.79 Å². The SMILES string of the molecule is CC(=O)NC(C(=O)NC(C)c1ccc2c(c1)OCO2)C1CCCC1. The summed E-state index contributed by atoms with van der Waals surface area (Å²) in [5.74, 6) is 1.35. The number of hydrogen-bond donors (Lipinski definition) is 2. The summed E-state index contributed by atoms with van der Waals surface area (Å²) in [6.45, 7) is 3.61. The zero-order valence-corrected chi connectivity index (χ0v) is 14.1. The van der Waals surface area contributed by atoms with Crippen molar-refractivity contribution >= 4 is 11.8 Å². The highest BCUT2D eigenvalue weighted by atomic mass is 16.7. The molecule has 1 aliphatic carbocycles. The first-order valence-corrected chi connectivity index (χ1v) is 8.51. The van der Waals surface area contributed by atoms with Gasteiger partial charge in [0.1, 0.15) is 6.04 Å². The van der Waals surface area contributed by atoms with Crippen molar-refractivity contribution in [1.29, 1.82) is 0 Å². The topological polar surface area (TPSA) is 76.7 Å². The number of nitrogens with one attached hydrogen (secondary N) is 2. The van der Waals surface area contributed by atoms with E-state index >= 15 is 0 Å². The Hall–Kier alpha value is -2.24. The van der Waals surface area contributed by atoms with Crippen LogP contribution in [0.3, 0.4) is 0 Å². The molecule has 1 heterocycles. The smallest absolute Gasteiger partial charge is 0.243 e. The van der Waals surface area contributed by atoms with Crippen molar-refractivity contribution in [2.24, 2.45) is 5.92 Å². The predicted molar refractivity (Wildman–Crippen MR) is 88.7 cm³/mol. The molecule has 2 aliphatic rings. The van der Waals surface area contributed by atoms with Gasteiger partial charge in [-0.2, -0.15) is 0 Å². The fraction of sp³-hybridized carbons (Fsp3) is 0.556. The van der Waals surface area contributed by atoms with Crippen LogP contribution in [0.4, 0.5) is 0 Å². The first kappa shape index (κ1) is 16.6. The molecule has 130 valence electrons. The molecule has 1 aliphatic heterocycles. The number of benzene rings is 1. The molecule has 0 bridgehead atoms. The van der Waals surface area contributed by atoms with E-state index in [0.29, 0.717) is 5.75 Å². The van der Waals surface area contributed by atoms with Crippen molar-refractivity contribution in [2.45, 2.75) is 51.6 Å². The molecule has 2 unspecified atom stereocenters. The molecule has 2 N–H and O–H groups in total. The van der Waals surface area contributed by atoms with Crippen LogP contribution in [0.25, 0.3) is 0 Å². The van der Waals surface area contributed by atoms with E-state index in [1.165, 1.54) is 6.92 Å². The van der Waals surface area contributed by atoms with Gasteiger partial charge < -0.3 is 20.1 Å². The van der Waals surface area contributed by atoms with Gasteiger partial charge in [0.25, 0.3) is 0 Å². The zero-order valence-electron chi connectivity index (χ0n) is 14.1. The van der Waals surface area contributed by atoms with Crippen molar-refractivity contribution in [1.82, 2.24) is 10.6 Å². The van der Waals surface area contributed by atoms with Gasteiger partial charge in [-0.3, -0.25) is 9.59 Å². The lowest BCUT2D eigenvalue weighted by molar-refractivity contribution is -0.129. The molecular weight excluding hydrogens is 308 g/mol. The van der Waals surface area contributed by atoms with E-state index in [9.17, 15) is 9.59 Å². The summed E-state index contributed by atoms with van der Waals surface area (Å²) < 4.78 is 10.7. The fourth-order valence-electron chi connectivity index (χ4n) is 3.48. The summed E-state index contributed by atoms with van der Waals surface area (Å²) >= 11 is 0. The number of hydrogen-bond acceptors (Lipinski definition) is 4. The van der Waals surface area contributed by atoms with Crippen molar-refractivity contribution in [3.8, 4) is 11.5 Å². The second-order valence-electron chi connectivity index (χ2n) is 6.57. The lowest BCUT2D eigenvalue weighted by atomic mass is 9.96. The van der Waals surface area contributed by atoms with Gasteiger partial charge in [-0.1, -0.05) is 18.9 Å². The molecule has 2 atom stereocenters. The Morgan fingerprint density at radius 2 is 1.83 bits per heavy atom. The highest BCUT2D eigenvalue weighted by Gasteiger charge is 2.32. The minimum atomic E-state index is -0.457. The minimum absolute atomic E-state index is 0.123. The summed E-state index contributed by atoms with van der Waals surface area (Å²) in [4.78, 5) is 24.2. The molecule has 3 rings (SSSR count). The van der Waals surface area contributed by atoms with Gasteiger partial charge in [0.15, 0.2) is 11.5 Å². The van der Waals surface area contributed by atoms with Gasteiger partial charge in [0, 0.05) is 6.92 Å². The Kier molecular flexibility index (Phi) is 4.92. The summed E-state index contributed by atoms with van der Waals surface area (Å²) in [5, 5.41) is 5.84. The van der Waals surface area contributed by atoms with E-state index in [0.717, 1.165) is 37.0 Å². The van der Waals surface area contributed by atoms with Gasteiger partial charge in [0.2, 0.25) is 18.6 Å². The van der Waals surface area contributed by atoms with E-state index < -0.39 is 6.04 Å². The third kappa shape index (κ3) is 3.63. The predicted octanol–water partition coefficient (Wildman–Crippen LogP) is 2.29. The van der Waals surface area contributed by atoms with Crippen LogP contribution in [-0.2, 0) is 9.59 Å². The van der Waals surface area contributed by atoms with Gasteiger partial charge in [0.05, 0.1) is 6.04 Å². The zero-order chi connectivity index (χ0) is 17.1. The van der Waals surface area contributed by atoms with E-state index in [1.54, 1.807) is 0 Å². The Labute approximate surface area is 141 Å². The molecule has 2 amide bonds. The number of fused-ring (bicyclic) bond motifs is 1. The number of carbonyl (C=O) groups is 2. The summed E-state index contributed by atoms with van der Waals surface area (Å²) in [7, 11) is 0. The van der Waals surface area contributed by atoms with Crippen LogP contribution >= 0.6 is 0 Å². The second kappa shape index (κ2) is 7.11. The molecule has 1 aromatic rings. The maximum absolute atomic E-state index is 12.7. The lowest BCUT2D eigenvalue weighted by Crippen LogP contribution is -2.50. The molecule has 6 nitrogen and oxygen atoms in total. The largest absolute Gasteiger partial charge is 0.454 e. The van der Waals surface area contributed by atoms with Crippen LogP contribution in [0.5, 0.6) is 11.5 Å². The Morgan fingerprint density at radius 1 is 1.12 bits per heavy atom. The molecule has 0 saturated heterocycles. The van der Waals surface area contributed by atoms with Crippen LogP contribution in [0.15, 0.2) is 18.2 Å². The Morgan fingerprint density at radius 3 is 2.54 bits per heavy atom. The first-order valence-electron chi connectivity index (χ1n) is 8.51. The van der Waals surface area contributed by atoms with Crippen LogP contribution in [0.1, 0.15) is 51.1 Å². The number of rotatable bonds is 5. The van der Waals surface area contributed by atoms with Gasteiger partial charge >= 0.3 is 0 Å². The molecule has 6 heteroatoms. The van der Waals surface area contributed by atoms with Crippen LogP contribution in [-0.4, -0.2) is 24.6 Å². The number of ether oxygens (including phenoxy) is 2. The molecule has 1 fully saturated rings. The lowest BCUT2D eigenvalue weighted by Gasteiger charge is -2.25. The monoisotopic (exact) mass is 332 g/mol. The maximum Gasteiger partial charge on any atom is 0.243 e. The van der Waals surface area contributed by atoms with Crippen molar-refractivity contribution in [3.63, 3.8) is 0 Å². The van der Waals surface area contributed by atoms with Gasteiger partial charge in [-0.25, -0.2) is 0 Å². The molecular formula is C18H24N2O4. The maximum atomic E-state index is 12.7. The highest BCUT2D eigenvalue weighted by molar-refractivity contribution is 5.87. The Balaban J connectivity index is 1.68. The quantitative estimate of drug-likeness (QED) is 0.867. The molecule has 0 radical (unpaired) electrons. The van der Waals surface area contributed by atoms with Gasteiger partial charge in [-0.05, 0) is 43.4 Å². The van der Waals surface area contributed by atoms with E-state index in [1.807, 2.05) is 25.1 Å². The van der Waals surface area contributed by atoms with Crippen LogP contribution in [0, 0.1) is 5.92 Å². The molecule has 0 aromatic heterocycles. The first-order chi connectivity index (χ1) is 11.5. The van der Waals surface area contributed by atoms with E-state index in [2.05, 4.69) is 10.6 Å².